The molecule has 2 amide bonds. The minimum absolute atomic E-state index is 0.0687. The number of nitrogens with zero attached hydrogens (tertiary/aromatic N) is 1. The number of rotatable bonds is 4. The number of carboxylic acid groups (broad SMARTS) is 1. The van der Waals surface area contributed by atoms with Crippen LogP contribution in [0.4, 0.5) is 4.79 Å². The molecule has 120 valence electrons. The van der Waals surface area contributed by atoms with Gasteiger partial charge in [0.1, 0.15) is 6.04 Å². The molecule has 4 atom stereocenters. The summed E-state index contributed by atoms with van der Waals surface area (Å²) in [6, 6.07) is -0.927. The largest absolute Gasteiger partial charge is 0.480 e. The highest BCUT2D eigenvalue weighted by molar-refractivity contribution is 8.00. The summed E-state index contributed by atoms with van der Waals surface area (Å²) in [5.41, 5.74) is 0. The zero-order valence-electron chi connectivity index (χ0n) is 12.9. The van der Waals surface area contributed by atoms with Gasteiger partial charge in [-0.2, -0.15) is 0 Å². The molecule has 1 aliphatic carbocycles. The Balaban J connectivity index is 1.77. The van der Waals surface area contributed by atoms with E-state index in [-0.39, 0.29) is 11.4 Å². The molecule has 1 saturated carbocycles. The van der Waals surface area contributed by atoms with Gasteiger partial charge >= 0.3 is 12.0 Å². The Hall–Kier alpha value is -0.910. The highest BCUT2D eigenvalue weighted by Crippen LogP contribution is 2.31. The van der Waals surface area contributed by atoms with Crippen molar-refractivity contribution in [3.05, 3.63) is 0 Å². The quantitative estimate of drug-likeness (QED) is 0.837. The van der Waals surface area contributed by atoms with E-state index in [1.54, 1.807) is 0 Å². The highest BCUT2D eigenvalue weighted by atomic mass is 32.2. The van der Waals surface area contributed by atoms with Crippen molar-refractivity contribution in [3.8, 4) is 0 Å². The Labute approximate surface area is 130 Å². The fourth-order valence-corrected chi connectivity index (χ4v) is 4.61. The summed E-state index contributed by atoms with van der Waals surface area (Å²) < 4.78 is 0. The first kappa shape index (κ1) is 16.5. The zero-order valence-corrected chi connectivity index (χ0v) is 13.7. The Morgan fingerprint density at radius 3 is 2.76 bits per heavy atom. The van der Waals surface area contributed by atoms with Crippen LogP contribution in [-0.2, 0) is 4.79 Å². The second-order valence-corrected chi connectivity index (χ2v) is 7.70. The predicted octanol–water partition coefficient (Wildman–Crippen LogP) is 2.76. The van der Waals surface area contributed by atoms with Crippen LogP contribution in [0.5, 0.6) is 0 Å². The molecule has 0 aromatic heterocycles. The van der Waals surface area contributed by atoms with Gasteiger partial charge in [0.2, 0.25) is 0 Å². The lowest BCUT2D eigenvalue weighted by atomic mass is 9.81. The van der Waals surface area contributed by atoms with Crippen LogP contribution in [0.1, 0.15) is 46.0 Å². The molecule has 0 aromatic carbocycles. The molecule has 2 fully saturated rings. The Bertz CT molecular complexity index is 391. The third-order valence-corrected chi connectivity index (χ3v) is 5.83. The van der Waals surface area contributed by atoms with E-state index in [0.29, 0.717) is 18.2 Å². The number of hydrogen-bond donors (Lipinski definition) is 2. The molecule has 0 bridgehead atoms. The van der Waals surface area contributed by atoms with Crippen LogP contribution in [0, 0.1) is 11.8 Å². The van der Waals surface area contributed by atoms with Crippen LogP contribution in [0.15, 0.2) is 0 Å². The van der Waals surface area contributed by atoms with Crippen molar-refractivity contribution >= 4 is 23.8 Å². The molecule has 2 N–H and O–H groups in total. The Morgan fingerprint density at radius 2 is 2.10 bits per heavy atom. The van der Waals surface area contributed by atoms with Gasteiger partial charge < -0.3 is 10.4 Å². The van der Waals surface area contributed by atoms with Crippen molar-refractivity contribution in [1.82, 2.24) is 10.2 Å². The van der Waals surface area contributed by atoms with Gasteiger partial charge in [-0.25, -0.2) is 9.59 Å². The smallest absolute Gasteiger partial charge is 0.327 e. The van der Waals surface area contributed by atoms with E-state index in [1.165, 1.54) is 42.3 Å². The van der Waals surface area contributed by atoms with E-state index in [9.17, 15) is 14.7 Å². The lowest BCUT2D eigenvalue weighted by Crippen LogP contribution is -2.49. The number of carbonyl (C=O) groups excluding carboxylic acids is 1. The third kappa shape index (κ3) is 4.28. The van der Waals surface area contributed by atoms with Crippen LogP contribution in [0.3, 0.4) is 0 Å². The Morgan fingerprint density at radius 1 is 1.33 bits per heavy atom. The lowest BCUT2D eigenvalue weighted by molar-refractivity contribution is -0.141. The first-order valence-corrected chi connectivity index (χ1v) is 8.94. The standard InChI is InChI=1S/C15H26N2O3S/c1-10-4-3-5-12(8-10)6-7-16-15(20)17-11(2)21-9-13(17)14(18)19/h10-13H,3-9H2,1-2H3,(H,16,20)(H,18,19). The number of aliphatic carboxylic acids is 1. The van der Waals surface area contributed by atoms with Crippen molar-refractivity contribution in [1.29, 1.82) is 0 Å². The van der Waals surface area contributed by atoms with Crippen molar-refractivity contribution in [3.63, 3.8) is 0 Å². The summed E-state index contributed by atoms with van der Waals surface area (Å²) in [7, 11) is 0. The molecule has 2 rings (SSSR count). The number of carbonyl (C=O) groups is 2. The molecule has 2 aliphatic rings. The van der Waals surface area contributed by atoms with Gasteiger partial charge in [0.15, 0.2) is 0 Å². The van der Waals surface area contributed by atoms with Crippen LogP contribution >= 0.6 is 11.8 Å². The summed E-state index contributed by atoms with van der Waals surface area (Å²) in [6.45, 7) is 4.83. The number of nitrogens with one attached hydrogen (secondary N) is 1. The number of hydrogen-bond acceptors (Lipinski definition) is 3. The normalized spacial score (nSPS) is 33.0. The summed E-state index contributed by atoms with van der Waals surface area (Å²) in [5.74, 6) is 1.06. The lowest BCUT2D eigenvalue weighted by Gasteiger charge is -2.28. The molecule has 0 radical (unpaired) electrons. The van der Waals surface area contributed by atoms with E-state index in [1.807, 2.05) is 6.92 Å². The second-order valence-electron chi connectivity index (χ2n) is 6.35. The van der Waals surface area contributed by atoms with Gasteiger partial charge in [0.25, 0.3) is 0 Å². The third-order valence-electron chi connectivity index (χ3n) is 4.62. The van der Waals surface area contributed by atoms with Crippen LogP contribution in [-0.4, -0.2) is 45.7 Å². The van der Waals surface area contributed by atoms with E-state index in [4.69, 9.17) is 0 Å². The SMILES string of the molecule is CC1CCCC(CCNC(=O)N2C(C)SCC2C(=O)O)C1. The van der Waals surface area contributed by atoms with Crippen LogP contribution in [0.25, 0.3) is 0 Å². The van der Waals surface area contributed by atoms with Crippen LogP contribution < -0.4 is 5.32 Å². The maximum atomic E-state index is 12.2. The summed E-state index contributed by atoms with van der Waals surface area (Å²) >= 11 is 1.52. The highest BCUT2D eigenvalue weighted by Gasteiger charge is 2.39. The van der Waals surface area contributed by atoms with Gasteiger partial charge in [-0.05, 0) is 31.6 Å². The number of urea groups is 1. The van der Waals surface area contributed by atoms with Gasteiger partial charge in [-0.3, -0.25) is 4.90 Å². The molecule has 5 nitrogen and oxygen atoms in total. The maximum absolute atomic E-state index is 12.2. The Kier molecular flexibility index (Phi) is 5.79. The first-order chi connectivity index (χ1) is 9.99. The number of amides is 2. The van der Waals surface area contributed by atoms with Crippen LogP contribution in [0.2, 0.25) is 0 Å². The molecule has 1 saturated heterocycles. The molecule has 6 heteroatoms. The maximum Gasteiger partial charge on any atom is 0.327 e. The average Bonchev–Trinajstić information content (AvgIpc) is 2.81. The fraction of sp³-hybridized carbons (Fsp3) is 0.867. The molecule has 1 aliphatic heterocycles. The molecule has 4 unspecified atom stereocenters. The number of carboxylic acids is 1. The summed E-state index contributed by atoms with van der Waals surface area (Å²) in [6.07, 6.45) is 6.13. The molecule has 0 aromatic rings. The zero-order chi connectivity index (χ0) is 15.4. The minimum Gasteiger partial charge on any atom is -0.480 e. The molecule has 21 heavy (non-hydrogen) atoms. The van der Waals surface area contributed by atoms with E-state index >= 15 is 0 Å². The van der Waals surface area contributed by atoms with E-state index in [2.05, 4.69) is 12.2 Å². The first-order valence-electron chi connectivity index (χ1n) is 7.89. The molecular weight excluding hydrogens is 288 g/mol. The van der Waals surface area contributed by atoms with E-state index in [0.717, 1.165) is 12.3 Å². The molecule has 1 heterocycles. The molecular formula is C15H26N2O3S. The van der Waals surface area contributed by atoms with Crippen molar-refractivity contribution in [2.24, 2.45) is 11.8 Å². The summed E-state index contributed by atoms with van der Waals surface area (Å²) in [5, 5.41) is 12.0. The van der Waals surface area contributed by atoms with Gasteiger partial charge in [-0.1, -0.05) is 26.2 Å². The fourth-order valence-electron chi connectivity index (χ4n) is 3.44. The van der Waals surface area contributed by atoms with Crippen molar-refractivity contribution in [2.75, 3.05) is 12.3 Å². The van der Waals surface area contributed by atoms with E-state index < -0.39 is 12.0 Å². The van der Waals surface area contributed by atoms with Crippen molar-refractivity contribution < 1.29 is 14.7 Å². The minimum atomic E-state index is -0.914. The monoisotopic (exact) mass is 314 g/mol. The van der Waals surface area contributed by atoms with Gasteiger partial charge in [0.05, 0.1) is 5.37 Å². The van der Waals surface area contributed by atoms with Gasteiger partial charge in [0, 0.05) is 12.3 Å². The van der Waals surface area contributed by atoms with Gasteiger partial charge in [-0.15, -0.1) is 11.8 Å². The second kappa shape index (κ2) is 7.38. The number of thioether (sulfide) groups is 1. The van der Waals surface area contributed by atoms with Crippen molar-refractivity contribution in [2.45, 2.75) is 57.4 Å². The average molecular weight is 314 g/mol. The predicted molar refractivity (Wildman–Crippen MR) is 84.3 cm³/mol. The topological polar surface area (TPSA) is 69.6 Å². The summed E-state index contributed by atoms with van der Waals surface area (Å²) in [4.78, 5) is 24.9. The molecule has 0 spiro atoms.